The van der Waals surface area contributed by atoms with Gasteiger partial charge >= 0.3 is 11.9 Å². The topological polar surface area (TPSA) is 107 Å². The van der Waals surface area contributed by atoms with E-state index in [-0.39, 0.29) is 11.3 Å². The van der Waals surface area contributed by atoms with Crippen molar-refractivity contribution in [3.8, 4) is 5.75 Å². The van der Waals surface area contributed by atoms with Gasteiger partial charge in [-0.2, -0.15) is 8.42 Å². The second-order valence-corrected chi connectivity index (χ2v) is 11.3. The molecule has 0 aliphatic rings. The van der Waals surface area contributed by atoms with E-state index in [1.807, 2.05) is 6.07 Å². The van der Waals surface area contributed by atoms with Gasteiger partial charge in [0.15, 0.2) is 0 Å². The third kappa shape index (κ3) is 6.27. The summed E-state index contributed by atoms with van der Waals surface area (Å²) < 4.78 is 43.6. The van der Waals surface area contributed by atoms with Gasteiger partial charge in [-0.05, 0) is 97.4 Å². The van der Waals surface area contributed by atoms with Crippen molar-refractivity contribution in [2.75, 3.05) is 12.4 Å². The molecule has 0 fully saturated rings. The Morgan fingerprint density at radius 1 is 0.903 bits per heavy atom. The molecule has 3 aromatic rings. The Balaban J connectivity index is 1.91. The maximum Gasteiger partial charge on any atom is 0.344 e. The third-order valence-corrected chi connectivity index (χ3v) is 8.44. The standard InChI is InChI=1S/C20H13I3O7S/c21-11-9-15(18(23)16(22)10-11)20(25)30-17-6-5-14(12-3-1-2-4-13(12)17)19(24)29-7-8-31(26,27)28/h1-6,9-10H,7-8H2,(H,26,27,28). The van der Waals surface area contributed by atoms with Gasteiger partial charge in [0, 0.05) is 16.1 Å². The Kier molecular flexibility index (Phi) is 8.15. The summed E-state index contributed by atoms with van der Waals surface area (Å²) in [5.41, 5.74) is 0.624. The third-order valence-electron chi connectivity index (χ3n) is 4.09. The Bertz CT molecular complexity index is 1290. The van der Waals surface area contributed by atoms with Crippen LogP contribution < -0.4 is 4.74 Å². The largest absolute Gasteiger partial charge is 0.461 e. The molecule has 3 aromatic carbocycles. The molecular weight excluding hydrogens is 765 g/mol. The monoisotopic (exact) mass is 778 g/mol. The number of esters is 2. The van der Waals surface area contributed by atoms with Crippen molar-refractivity contribution in [3.63, 3.8) is 0 Å². The first-order valence-corrected chi connectivity index (χ1v) is 13.4. The maximum atomic E-state index is 12.8. The Morgan fingerprint density at radius 3 is 2.26 bits per heavy atom. The van der Waals surface area contributed by atoms with E-state index in [4.69, 9.17) is 14.0 Å². The number of benzene rings is 3. The molecule has 0 atom stereocenters. The van der Waals surface area contributed by atoms with Gasteiger partial charge in [-0.15, -0.1) is 0 Å². The lowest BCUT2D eigenvalue weighted by molar-refractivity contribution is 0.0530. The fourth-order valence-corrected chi connectivity index (χ4v) is 5.39. The molecule has 0 bridgehead atoms. The SMILES string of the molecule is O=C(Oc1ccc(C(=O)OCCS(=O)(=O)O)c2ccccc12)c1cc(I)cc(I)c1I. The number of fused-ring (bicyclic) bond motifs is 1. The van der Waals surface area contributed by atoms with Crippen LogP contribution in [0.4, 0.5) is 0 Å². The van der Waals surface area contributed by atoms with Gasteiger partial charge in [0.25, 0.3) is 10.1 Å². The number of carbonyl (C=O) groups excluding carboxylic acids is 2. The molecule has 0 unspecified atom stereocenters. The zero-order valence-electron chi connectivity index (χ0n) is 15.5. The number of hydrogen-bond donors (Lipinski definition) is 1. The van der Waals surface area contributed by atoms with E-state index in [0.717, 1.165) is 10.7 Å². The summed E-state index contributed by atoms with van der Waals surface area (Å²) in [5.74, 6) is -1.69. The van der Waals surface area contributed by atoms with Crippen molar-refractivity contribution < 1.29 is 32.0 Å². The van der Waals surface area contributed by atoms with E-state index < -0.39 is 34.4 Å². The van der Waals surface area contributed by atoms with E-state index in [0.29, 0.717) is 16.3 Å². The van der Waals surface area contributed by atoms with Crippen LogP contribution >= 0.6 is 67.8 Å². The van der Waals surface area contributed by atoms with Crippen LogP contribution in [0.5, 0.6) is 5.75 Å². The van der Waals surface area contributed by atoms with Crippen molar-refractivity contribution >= 4 is 101 Å². The molecule has 0 spiro atoms. The zero-order valence-corrected chi connectivity index (χ0v) is 22.8. The average molecular weight is 778 g/mol. The van der Waals surface area contributed by atoms with Crippen molar-refractivity contribution in [1.29, 1.82) is 0 Å². The molecule has 1 N–H and O–H groups in total. The van der Waals surface area contributed by atoms with E-state index in [2.05, 4.69) is 67.8 Å². The Labute approximate surface area is 219 Å². The first-order valence-electron chi connectivity index (χ1n) is 8.57. The fraction of sp³-hybridized carbons (Fsp3) is 0.100. The highest BCUT2D eigenvalue weighted by molar-refractivity contribution is 14.1. The van der Waals surface area contributed by atoms with Crippen LogP contribution in [0.3, 0.4) is 0 Å². The molecule has 162 valence electrons. The van der Waals surface area contributed by atoms with Gasteiger partial charge in [-0.3, -0.25) is 4.55 Å². The fourth-order valence-electron chi connectivity index (χ4n) is 2.72. The summed E-state index contributed by atoms with van der Waals surface area (Å²) in [6.45, 7) is -0.480. The van der Waals surface area contributed by atoms with Crippen LogP contribution in [-0.4, -0.2) is 37.3 Å². The maximum absolute atomic E-state index is 12.8. The minimum absolute atomic E-state index is 0.184. The average Bonchev–Trinajstić information content (AvgIpc) is 2.69. The van der Waals surface area contributed by atoms with E-state index in [1.54, 1.807) is 30.3 Å². The lowest BCUT2D eigenvalue weighted by atomic mass is 10.0. The molecule has 0 aliphatic heterocycles. The number of hydrogen-bond acceptors (Lipinski definition) is 6. The molecule has 0 saturated carbocycles. The molecule has 0 aliphatic carbocycles. The van der Waals surface area contributed by atoms with Crippen molar-refractivity contribution in [1.82, 2.24) is 0 Å². The van der Waals surface area contributed by atoms with Gasteiger partial charge < -0.3 is 9.47 Å². The molecule has 0 aromatic heterocycles. The minimum Gasteiger partial charge on any atom is -0.461 e. The lowest BCUT2D eigenvalue weighted by Gasteiger charge is -2.12. The molecule has 11 heteroatoms. The number of ether oxygens (including phenoxy) is 2. The lowest BCUT2D eigenvalue weighted by Crippen LogP contribution is -2.15. The summed E-state index contributed by atoms with van der Waals surface area (Å²) >= 11 is 6.39. The zero-order chi connectivity index (χ0) is 22.8. The van der Waals surface area contributed by atoms with Crippen LogP contribution in [0.25, 0.3) is 10.8 Å². The summed E-state index contributed by atoms with van der Waals surface area (Å²) in [5, 5.41) is 1.01. The second-order valence-electron chi connectivity index (χ2n) is 6.22. The molecule has 0 saturated heterocycles. The van der Waals surface area contributed by atoms with E-state index in [9.17, 15) is 18.0 Å². The van der Waals surface area contributed by atoms with Crippen LogP contribution in [0.2, 0.25) is 0 Å². The van der Waals surface area contributed by atoms with Crippen LogP contribution in [-0.2, 0) is 14.9 Å². The predicted octanol–water partition coefficient (Wildman–Crippen LogP) is 4.92. The molecule has 3 rings (SSSR count). The molecular formula is C20H13I3O7S. The van der Waals surface area contributed by atoms with Crippen LogP contribution in [0, 0.1) is 10.7 Å². The molecule has 7 nitrogen and oxygen atoms in total. The van der Waals surface area contributed by atoms with Gasteiger partial charge in [0.05, 0.1) is 11.1 Å². The van der Waals surface area contributed by atoms with Crippen molar-refractivity contribution in [2.45, 2.75) is 0 Å². The summed E-state index contributed by atoms with van der Waals surface area (Å²) in [6.07, 6.45) is 0. The molecule has 0 heterocycles. The quantitative estimate of drug-likeness (QED) is 0.125. The van der Waals surface area contributed by atoms with E-state index in [1.165, 1.54) is 12.1 Å². The first-order chi connectivity index (χ1) is 14.6. The summed E-state index contributed by atoms with van der Waals surface area (Å²) in [6, 6.07) is 13.5. The van der Waals surface area contributed by atoms with Crippen molar-refractivity contribution in [2.24, 2.45) is 0 Å². The van der Waals surface area contributed by atoms with Gasteiger partial charge in [0.1, 0.15) is 18.1 Å². The van der Waals surface area contributed by atoms with Gasteiger partial charge in [-0.25, -0.2) is 9.59 Å². The van der Waals surface area contributed by atoms with Gasteiger partial charge in [0.2, 0.25) is 0 Å². The van der Waals surface area contributed by atoms with Gasteiger partial charge in [-0.1, -0.05) is 24.3 Å². The number of halogens is 3. The Morgan fingerprint density at radius 2 is 1.58 bits per heavy atom. The highest BCUT2D eigenvalue weighted by atomic mass is 127. The predicted molar refractivity (Wildman–Crippen MR) is 140 cm³/mol. The van der Waals surface area contributed by atoms with Crippen LogP contribution in [0.1, 0.15) is 20.7 Å². The van der Waals surface area contributed by atoms with E-state index >= 15 is 0 Å². The smallest absolute Gasteiger partial charge is 0.344 e. The summed E-state index contributed by atoms with van der Waals surface area (Å²) in [7, 11) is -4.24. The number of rotatable bonds is 6. The second kappa shape index (κ2) is 10.3. The summed E-state index contributed by atoms with van der Waals surface area (Å²) in [4.78, 5) is 25.2. The Hall–Kier alpha value is -1.04. The van der Waals surface area contributed by atoms with Crippen molar-refractivity contribution in [3.05, 3.63) is 70.4 Å². The molecule has 0 amide bonds. The first kappa shape index (κ1) is 24.6. The highest BCUT2D eigenvalue weighted by Crippen LogP contribution is 2.31. The molecule has 31 heavy (non-hydrogen) atoms. The minimum atomic E-state index is -4.24. The van der Waals surface area contributed by atoms with Crippen LogP contribution in [0.15, 0.2) is 48.5 Å². The number of carbonyl (C=O) groups is 2. The normalized spacial score (nSPS) is 11.4. The molecule has 0 radical (unpaired) electrons. The highest BCUT2D eigenvalue weighted by Gasteiger charge is 2.20.